The van der Waals surface area contributed by atoms with Gasteiger partial charge in [0.15, 0.2) is 10.8 Å². The van der Waals surface area contributed by atoms with Crippen LogP contribution in [0.15, 0.2) is 10.5 Å². The van der Waals surface area contributed by atoms with Gasteiger partial charge in [0.1, 0.15) is 17.3 Å². The van der Waals surface area contributed by atoms with Crippen molar-refractivity contribution in [1.29, 1.82) is 0 Å². The Morgan fingerprint density at radius 2 is 2.10 bits per heavy atom. The molecule has 5 N–H and O–H groups in total. The molecule has 2 aliphatic rings. The number of carbonyl (C=O) groups excluding carboxylic acids is 2. The maximum Gasteiger partial charge on any atom is 0.418 e. The van der Waals surface area contributed by atoms with E-state index in [9.17, 15) is 22.8 Å². The zero-order chi connectivity index (χ0) is 22.1. The van der Waals surface area contributed by atoms with E-state index in [2.05, 4.69) is 24.6 Å². The molecule has 14 nitrogen and oxygen atoms in total. The second-order valence-electron chi connectivity index (χ2n) is 6.53. The number of nitrogens with zero attached hydrogens (tertiary/aromatic N) is 3. The first-order chi connectivity index (χ1) is 14.0. The molecule has 1 saturated carbocycles. The lowest BCUT2D eigenvalue weighted by Gasteiger charge is -2.52. The van der Waals surface area contributed by atoms with Crippen molar-refractivity contribution in [2.75, 3.05) is 12.3 Å². The maximum absolute atomic E-state index is 12.8. The number of β-lactam (4-membered cyclic amide) rings is 1. The Labute approximate surface area is 173 Å². The largest absolute Gasteiger partial charge is 0.479 e. The molecular weight excluding hydrogens is 446 g/mol. The predicted octanol–water partition coefficient (Wildman–Crippen LogP) is -1.10. The van der Waals surface area contributed by atoms with E-state index in [1.165, 1.54) is 5.38 Å². The highest BCUT2D eigenvalue weighted by Crippen LogP contribution is 2.46. The molecule has 3 rings (SSSR count). The number of hydrogen-bond donors (Lipinski definition) is 4. The summed E-state index contributed by atoms with van der Waals surface area (Å²) in [6, 6.07) is -1.16. The molecule has 2 amide bonds. The summed E-state index contributed by atoms with van der Waals surface area (Å²) in [6.45, 7) is -0.821. The molecule has 1 spiro atoms. The van der Waals surface area contributed by atoms with Crippen LogP contribution in [0.25, 0.3) is 0 Å². The van der Waals surface area contributed by atoms with Crippen molar-refractivity contribution in [2.24, 2.45) is 5.16 Å². The van der Waals surface area contributed by atoms with Crippen LogP contribution in [0.3, 0.4) is 0 Å². The van der Waals surface area contributed by atoms with Gasteiger partial charge in [-0.25, -0.2) is 9.78 Å². The highest BCUT2D eigenvalue weighted by atomic mass is 32.3. The normalized spacial score (nSPS) is 20.8. The van der Waals surface area contributed by atoms with Crippen molar-refractivity contribution >= 4 is 50.4 Å². The number of nitrogens with two attached hydrogens (primary N) is 1. The standard InChI is InChI=1S/C14H17N5O9S2/c15-13-16-7(6-29-13)9(18-27-5-8(20)21)11(22)17-10-12(23)19(28-30(24,25)26)14(10)3-1-2-4-14/h6,10H,1-5H2,(H2,15,16)(H,17,22)(H,20,21)(H,24,25,26)/b18-9-. The molecule has 1 aromatic heterocycles. The molecule has 1 aliphatic heterocycles. The van der Waals surface area contributed by atoms with Crippen molar-refractivity contribution in [1.82, 2.24) is 15.4 Å². The average Bonchev–Trinajstić information content (AvgIpc) is 3.31. The lowest BCUT2D eigenvalue weighted by Crippen LogP contribution is -2.78. The number of amides is 2. The van der Waals surface area contributed by atoms with Crippen LogP contribution >= 0.6 is 11.3 Å². The fourth-order valence-corrected chi connectivity index (χ4v) is 4.41. The van der Waals surface area contributed by atoms with Gasteiger partial charge in [-0.15, -0.1) is 15.6 Å². The van der Waals surface area contributed by atoms with Crippen LogP contribution in [0.5, 0.6) is 0 Å². The second-order valence-corrected chi connectivity index (χ2v) is 8.42. The number of hydroxylamine groups is 2. The van der Waals surface area contributed by atoms with Crippen LogP contribution < -0.4 is 11.1 Å². The quantitative estimate of drug-likeness (QED) is 0.157. The molecule has 16 heteroatoms. The number of rotatable bonds is 8. The Hall–Kier alpha value is -2.82. The third kappa shape index (κ3) is 4.35. The van der Waals surface area contributed by atoms with Gasteiger partial charge in [-0.1, -0.05) is 18.0 Å². The fourth-order valence-electron chi connectivity index (χ4n) is 3.45. The van der Waals surface area contributed by atoms with Crippen molar-refractivity contribution in [3.8, 4) is 0 Å². The van der Waals surface area contributed by atoms with Crippen molar-refractivity contribution in [3.63, 3.8) is 0 Å². The topological polar surface area (TPSA) is 211 Å². The summed E-state index contributed by atoms with van der Waals surface area (Å²) >= 11 is 0.999. The number of anilines is 1. The summed E-state index contributed by atoms with van der Waals surface area (Å²) in [4.78, 5) is 44.4. The Kier molecular flexibility index (Phi) is 5.93. The first-order valence-corrected chi connectivity index (χ1v) is 10.7. The highest BCUT2D eigenvalue weighted by Gasteiger charge is 2.64. The molecule has 0 bridgehead atoms. The van der Waals surface area contributed by atoms with E-state index in [0.29, 0.717) is 30.7 Å². The van der Waals surface area contributed by atoms with Gasteiger partial charge < -0.3 is 21.0 Å². The number of nitrogens with one attached hydrogen (secondary N) is 1. The number of oxime groups is 1. The van der Waals surface area contributed by atoms with E-state index in [1.54, 1.807) is 0 Å². The molecule has 1 saturated heterocycles. The van der Waals surface area contributed by atoms with Gasteiger partial charge in [0, 0.05) is 5.38 Å². The zero-order valence-corrected chi connectivity index (χ0v) is 16.8. The Morgan fingerprint density at radius 3 is 2.63 bits per heavy atom. The molecule has 1 unspecified atom stereocenters. The van der Waals surface area contributed by atoms with E-state index < -0.39 is 52.1 Å². The van der Waals surface area contributed by atoms with Crippen LogP contribution in [0.1, 0.15) is 31.4 Å². The minimum Gasteiger partial charge on any atom is -0.479 e. The monoisotopic (exact) mass is 463 g/mol. The lowest BCUT2D eigenvalue weighted by molar-refractivity contribution is -0.225. The van der Waals surface area contributed by atoms with Gasteiger partial charge in [0.25, 0.3) is 11.8 Å². The van der Waals surface area contributed by atoms with Gasteiger partial charge in [-0.05, 0) is 12.8 Å². The summed E-state index contributed by atoms with van der Waals surface area (Å²) in [6.07, 6.45) is 1.92. The Balaban J connectivity index is 1.82. The number of aliphatic carboxylic acids is 1. The summed E-state index contributed by atoms with van der Waals surface area (Å²) in [5, 5.41) is 16.7. The summed E-state index contributed by atoms with van der Waals surface area (Å²) < 4.78 is 35.5. The number of carboxylic acid groups (broad SMARTS) is 1. The van der Waals surface area contributed by atoms with Crippen LogP contribution in [0, 0.1) is 0 Å². The lowest BCUT2D eigenvalue weighted by atomic mass is 9.79. The van der Waals surface area contributed by atoms with Crippen molar-refractivity contribution < 1.29 is 41.6 Å². The van der Waals surface area contributed by atoms with Crippen molar-refractivity contribution in [3.05, 3.63) is 11.1 Å². The first-order valence-electron chi connectivity index (χ1n) is 8.48. The number of carboxylic acids is 1. The summed E-state index contributed by atoms with van der Waals surface area (Å²) in [5.74, 6) is -3.12. The van der Waals surface area contributed by atoms with Crippen LogP contribution in [0.2, 0.25) is 0 Å². The SMILES string of the molecule is Nc1nc(/C(=N/OCC(=O)O)C(=O)NC2C(=O)N(OS(=O)(=O)O)C23CCCC3)cs1. The van der Waals surface area contributed by atoms with Gasteiger partial charge in [-0.2, -0.15) is 13.5 Å². The molecular formula is C14H17N5O9S2. The molecule has 1 atom stereocenters. The minimum atomic E-state index is -4.94. The van der Waals surface area contributed by atoms with Crippen LogP contribution in [0.4, 0.5) is 5.13 Å². The number of nitrogen functional groups attached to an aromatic ring is 1. The van der Waals surface area contributed by atoms with Crippen LogP contribution in [-0.2, 0) is 33.9 Å². The maximum atomic E-state index is 12.8. The molecule has 1 aromatic rings. The second kappa shape index (κ2) is 8.13. The van der Waals surface area contributed by atoms with Gasteiger partial charge >= 0.3 is 16.4 Å². The summed E-state index contributed by atoms with van der Waals surface area (Å²) in [5.41, 5.74) is 3.98. The minimum absolute atomic E-state index is 0.00123. The summed E-state index contributed by atoms with van der Waals surface area (Å²) in [7, 11) is -4.94. The molecule has 0 aromatic carbocycles. The van der Waals surface area contributed by atoms with Gasteiger partial charge in [-0.3, -0.25) is 14.1 Å². The number of hydrogen-bond acceptors (Lipinski definition) is 11. The number of carbonyl (C=O) groups is 3. The third-order valence-corrected chi connectivity index (χ3v) is 5.64. The van der Waals surface area contributed by atoms with E-state index in [1.807, 2.05) is 0 Å². The number of aromatic nitrogens is 1. The molecule has 2 heterocycles. The van der Waals surface area contributed by atoms with Crippen LogP contribution in [-0.4, -0.2) is 69.8 Å². The van der Waals surface area contributed by atoms with E-state index >= 15 is 0 Å². The third-order valence-electron chi connectivity index (χ3n) is 4.63. The Bertz CT molecular complexity index is 999. The predicted molar refractivity (Wildman–Crippen MR) is 99.3 cm³/mol. The van der Waals surface area contributed by atoms with E-state index in [4.69, 9.17) is 15.4 Å². The van der Waals surface area contributed by atoms with Crippen molar-refractivity contribution in [2.45, 2.75) is 37.3 Å². The van der Waals surface area contributed by atoms with Gasteiger partial charge in [0.2, 0.25) is 6.61 Å². The number of thiazole rings is 1. The molecule has 1 aliphatic carbocycles. The molecule has 2 fully saturated rings. The molecule has 164 valence electrons. The first kappa shape index (κ1) is 21.9. The Morgan fingerprint density at radius 1 is 1.43 bits per heavy atom. The fraction of sp³-hybridized carbons (Fsp3) is 0.500. The van der Waals surface area contributed by atoms with Gasteiger partial charge in [0.05, 0.1) is 0 Å². The highest BCUT2D eigenvalue weighted by molar-refractivity contribution is 7.80. The van der Waals surface area contributed by atoms with E-state index in [-0.39, 0.29) is 10.8 Å². The zero-order valence-electron chi connectivity index (χ0n) is 15.2. The smallest absolute Gasteiger partial charge is 0.418 e. The average molecular weight is 463 g/mol. The van der Waals surface area contributed by atoms with E-state index in [0.717, 1.165) is 11.3 Å². The molecule has 30 heavy (non-hydrogen) atoms. The molecule has 0 radical (unpaired) electrons.